The number of hydrogen-bond donors (Lipinski definition) is 2. The molecule has 8 nitrogen and oxygen atoms in total. The Morgan fingerprint density at radius 2 is 1.93 bits per heavy atom. The van der Waals surface area contributed by atoms with Crippen molar-refractivity contribution in [1.29, 1.82) is 0 Å². The Morgan fingerprint density at radius 1 is 1.30 bits per heavy atom. The van der Waals surface area contributed by atoms with E-state index in [1.54, 1.807) is 38.4 Å². The van der Waals surface area contributed by atoms with Crippen molar-refractivity contribution in [3.63, 3.8) is 0 Å². The van der Waals surface area contributed by atoms with Crippen LogP contribution in [-0.2, 0) is 21.4 Å². The van der Waals surface area contributed by atoms with Crippen LogP contribution in [0.4, 0.5) is 0 Å². The number of nitrogens with one attached hydrogen (secondary N) is 2. The average molecular weight is 551 g/mol. The Labute approximate surface area is 197 Å². The second-order valence-corrected chi connectivity index (χ2v) is 9.51. The van der Waals surface area contributed by atoms with Gasteiger partial charge in [-0.3, -0.25) is 9.79 Å². The van der Waals surface area contributed by atoms with E-state index in [0.717, 1.165) is 18.5 Å². The zero-order chi connectivity index (χ0) is 21.6. The first-order valence-corrected chi connectivity index (χ1v) is 11.4. The molecule has 0 bridgehead atoms. The van der Waals surface area contributed by atoms with Gasteiger partial charge in [-0.25, -0.2) is 8.42 Å². The lowest BCUT2D eigenvalue weighted by molar-refractivity contribution is -0.129. The number of carbonyl (C=O) groups excluding carboxylic acids is 1. The predicted molar refractivity (Wildman–Crippen MR) is 131 cm³/mol. The molecule has 2 N–H and O–H groups in total. The number of aliphatic imine (C=N–C) groups is 1. The lowest BCUT2D eigenvalue weighted by Gasteiger charge is -2.21. The van der Waals surface area contributed by atoms with E-state index in [-0.39, 0.29) is 46.9 Å². The lowest BCUT2D eigenvalue weighted by Crippen LogP contribution is -2.44. The molecule has 0 spiro atoms. The number of benzene rings is 1. The fourth-order valence-electron chi connectivity index (χ4n) is 3.13. The number of sulfonamides is 1. The molecule has 1 aromatic rings. The van der Waals surface area contributed by atoms with E-state index >= 15 is 0 Å². The molecule has 10 heteroatoms. The summed E-state index contributed by atoms with van der Waals surface area (Å²) in [5.41, 5.74) is 0.952. The molecule has 1 atom stereocenters. The molecule has 1 saturated heterocycles. The maximum Gasteiger partial charge on any atom is 0.243 e. The van der Waals surface area contributed by atoms with Crippen molar-refractivity contribution in [3.8, 4) is 0 Å². The maximum absolute atomic E-state index is 12.5. The molecule has 30 heavy (non-hydrogen) atoms. The van der Waals surface area contributed by atoms with Crippen LogP contribution in [0.5, 0.6) is 0 Å². The standard InChI is InChI=1S/C20H33N5O3S.HI/c1-6-19(26)25-12-11-17(14-25)23-20(21-4)22-13-16-7-9-18(10-8-16)29(27,28)24(5)15(2)3;/h7-10,15,17H,6,11-14H2,1-5H3,(H2,21,22,23);1H. The summed E-state index contributed by atoms with van der Waals surface area (Å²) in [5, 5.41) is 6.60. The zero-order valence-electron chi connectivity index (χ0n) is 18.4. The van der Waals surface area contributed by atoms with Crippen molar-refractivity contribution in [2.24, 2.45) is 4.99 Å². The van der Waals surface area contributed by atoms with Crippen molar-refractivity contribution < 1.29 is 13.2 Å². The van der Waals surface area contributed by atoms with Gasteiger partial charge in [-0.05, 0) is 38.0 Å². The summed E-state index contributed by atoms with van der Waals surface area (Å²) in [7, 11) is -0.185. The number of carbonyl (C=O) groups is 1. The van der Waals surface area contributed by atoms with Crippen molar-refractivity contribution in [2.75, 3.05) is 27.2 Å². The quantitative estimate of drug-likeness (QED) is 0.307. The van der Waals surface area contributed by atoms with E-state index in [4.69, 9.17) is 0 Å². The number of nitrogens with zero attached hydrogens (tertiary/aromatic N) is 3. The smallest absolute Gasteiger partial charge is 0.243 e. The van der Waals surface area contributed by atoms with Crippen LogP contribution in [-0.4, -0.2) is 68.8 Å². The lowest BCUT2D eigenvalue weighted by atomic mass is 10.2. The molecule has 1 aliphatic heterocycles. The number of halogens is 1. The van der Waals surface area contributed by atoms with Gasteiger partial charge in [0.2, 0.25) is 15.9 Å². The zero-order valence-corrected chi connectivity index (χ0v) is 21.5. The molecular weight excluding hydrogens is 517 g/mol. The second kappa shape index (κ2) is 11.8. The third kappa shape index (κ3) is 6.81. The monoisotopic (exact) mass is 551 g/mol. The molecule has 1 aliphatic rings. The summed E-state index contributed by atoms with van der Waals surface area (Å²) in [6, 6.07) is 6.95. The number of likely N-dealkylation sites (tertiary alicyclic amines) is 1. The van der Waals surface area contributed by atoms with Crippen molar-refractivity contribution >= 4 is 45.9 Å². The molecule has 0 radical (unpaired) electrons. The summed E-state index contributed by atoms with van der Waals surface area (Å²) in [4.78, 5) is 18.2. The van der Waals surface area contributed by atoms with Crippen LogP contribution in [0.1, 0.15) is 39.2 Å². The second-order valence-electron chi connectivity index (χ2n) is 7.51. The first-order valence-electron chi connectivity index (χ1n) is 10.0. The van der Waals surface area contributed by atoms with Crippen LogP contribution < -0.4 is 10.6 Å². The van der Waals surface area contributed by atoms with Crippen LogP contribution >= 0.6 is 24.0 Å². The van der Waals surface area contributed by atoms with Crippen LogP contribution in [0.15, 0.2) is 34.2 Å². The molecule has 0 aromatic heterocycles. The molecule has 1 fully saturated rings. The first-order chi connectivity index (χ1) is 13.7. The third-order valence-corrected chi connectivity index (χ3v) is 7.24. The minimum absolute atomic E-state index is 0. The molecule has 1 heterocycles. The Hall–Kier alpha value is -1.40. The molecular formula is C20H34IN5O3S. The maximum atomic E-state index is 12.5. The van der Waals surface area contributed by atoms with E-state index < -0.39 is 10.0 Å². The highest BCUT2D eigenvalue weighted by molar-refractivity contribution is 14.0. The van der Waals surface area contributed by atoms with Gasteiger partial charge in [0.15, 0.2) is 5.96 Å². The SMILES string of the molecule is CCC(=O)N1CCC(NC(=NC)NCc2ccc(S(=O)(=O)N(C)C(C)C)cc2)C1.I. The number of guanidine groups is 1. The van der Waals surface area contributed by atoms with Crippen LogP contribution in [0.25, 0.3) is 0 Å². The highest BCUT2D eigenvalue weighted by Gasteiger charge is 2.26. The highest BCUT2D eigenvalue weighted by atomic mass is 127. The molecule has 2 rings (SSSR count). The fraction of sp³-hybridized carbons (Fsp3) is 0.600. The van der Waals surface area contributed by atoms with Gasteiger partial charge in [0.25, 0.3) is 0 Å². The van der Waals surface area contributed by atoms with Crippen LogP contribution in [0.3, 0.4) is 0 Å². The fourth-order valence-corrected chi connectivity index (χ4v) is 4.49. The van der Waals surface area contributed by atoms with Gasteiger partial charge in [0.05, 0.1) is 4.90 Å². The molecule has 1 amide bonds. The van der Waals surface area contributed by atoms with Crippen molar-refractivity contribution in [1.82, 2.24) is 19.8 Å². The van der Waals surface area contributed by atoms with Gasteiger partial charge in [0.1, 0.15) is 0 Å². The number of rotatable bonds is 7. The van der Waals surface area contributed by atoms with Gasteiger partial charge < -0.3 is 15.5 Å². The topological polar surface area (TPSA) is 94.1 Å². The molecule has 0 aliphatic carbocycles. The van der Waals surface area contributed by atoms with Crippen LogP contribution in [0, 0.1) is 0 Å². The normalized spacial score (nSPS) is 17.2. The van der Waals surface area contributed by atoms with E-state index in [9.17, 15) is 13.2 Å². The summed E-state index contributed by atoms with van der Waals surface area (Å²) in [6.07, 6.45) is 1.42. The summed E-state index contributed by atoms with van der Waals surface area (Å²) < 4.78 is 26.4. The average Bonchev–Trinajstić information content (AvgIpc) is 3.18. The molecule has 170 valence electrons. The molecule has 1 unspecified atom stereocenters. The first kappa shape index (κ1) is 26.6. The number of amides is 1. The van der Waals surface area contributed by atoms with Gasteiger partial charge >= 0.3 is 0 Å². The molecule has 0 saturated carbocycles. The van der Waals surface area contributed by atoms with E-state index in [1.807, 2.05) is 25.7 Å². The van der Waals surface area contributed by atoms with Gasteiger partial charge in [-0.2, -0.15) is 4.31 Å². The predicted octanol–water partition coefficient (Wildman–Crippen LogP) is 2.01. The molecule has 1 aromatic carbocycles. The Bertz CT molecular complexity index is 827. The van der Waals surface area contributed by atoms with Gasteiger partial charge in [-0.1, -0.05) is 19.1 Å². The Kier molecular flexibility index (Phi) is 10.5. The Balaban J connectivity index is 0.00000450. The Morgan fingerprint density at radius 3 is 2.47 bits per heavy atom. The minimum Gasteiger partial charge on any atom is -0.352 e. The third-order valence-electron chi connectivity index (χ3n) is 5.20. The van der Waals surface area contributed by atoms with Gasteiger partial charge in [0, 0.05) is 52.2 Å². The van der Waals surface area contributed by atoms with E-state index in [0.29, 0.717) is 25.5 Å². The van der Waals surface area contributed by atoms with E-state index in [1.165, 1.54) is 4.31 Å². The van der Waals surface area contributed by atoms with Crippen molar-refractivity contribution in [2.45, 2.75) is 57.1 Å². The summed E-state index contributed by atoms with van der Waals surface area (Å²) >= 11 is 0. The summed E-state index contributed by atoms with van der Waals surface area (Å²) in [5.74, 6) is 0.840. The van der Waals surface area contributed by atoms with E-state index in [2.05, 4.69) is 15.6 Å². The summed E-state index contributed by atoms with van der Waals surface area (Å²) in [6.45, 7) is 7.53. The van der Waals surface area contributed by atoms with Crippen LogP contribution in [0.2, 0.25) is 0 Å². The highest BCUT2D eigenvalue weighted by Crippen LogP contribution is 2.17. The largest absolute Gasteiger partial charge is 0.352 e. The number of hydrogen-bond acceptors (Lipinski definition) is 4. The minimum atomic E-state index is -3.48. The van der Waals surface area contributed by atoms with Gasteiger partial charge in [-0.15, -0.1) is 24.0 Å². The van der Waals surface area contributed by atoms with Crippen molar-refractivity contribution in [3.05, 3.63) is 29.8 Å².